The minimum Gasteiger partial charge on any atom is -0.308 e. The molecule has 3 rings (SSSR count). The molecular weight excluding hydrogens is 306 g/mol. The molecule has 0 N–H and O–H groups in total. The molecule has 0 aliphatic heterocycles. The van der Waals surface area contributed by atoms with Gasteiger partial charge in [0.05, 0.1) is 12.2 Å². The lowest BCUT2D eigenvalue weighted by atomic mass is 10.2. The second kappa shape index (κ2) is 4.66. The van der Waals surface area contributed by atoms with E-state index in [0.29, 0.717) is 12.1 Å². The van der Waals surface area contributed by atoms with Gasteiger partial charge >= 0.3 is 0 Å². The van der Waals surface area contributed by atoms with Crippen LogP contribution in [-0.2, 0) is 6.54 Å². The van der Waals surface area contributed by atoms with Crippen LogP contribution < -0.4 is 5.56 Å². The summed E-state index contributed by atoms with van der Waals surface area (Å²) in [5.74, 6) is 0. The highest BCUT2D eigenvalue weighted by Crippen LogP contribution is 2.12. The van der Waals surface area contributed by atoms with Crippen molar-refractivity contribution in [2.24, 2.45) is 0 Å². The van der Waals surface area contributed by atoms with E-state index in [0.717, 1.165) is 15.7 Å². The average Bonchev–Trinajstić information content (AvgIpc) is 2.75. The van der Waals surface area contributed by atoms with Crippen LogP contribution in [0.5, 0.6) is 0 Å². The zero-order chi connectivity index (χ0) is 13.4. The molecule has 0 aliphatic rings. The Kier molecular flexibility index (Phi) is 2.98. The van der Waals surface area contributed by atoms with Crippen LogP contribution in [0.2, 0.25) is 0 Å². The number of benzene rings is 1. The first kappa shape index (κ1) is 12.2. The summed E-state index contributed by atoms with van der Waals surface area (Å²) in [5.41, 5.74) is 2.51. The van der Waals surface area contributed by atoms with Crippen molar-refractivity contribution in [1.82, 2.24) is 14.2 Å². The van der Waals surface area contributed by atoms with Gasteiger partial charge in [-0.05, 0) is 30.7 Å². The molecule has 0 atom stereocenters. The van der Waals surface area contributed by atoms with Crippen LogP contribution in [-0.4, -0.2) is 14.2 Å². The predicted molar refractivity (Wildman–Crippen MR) is 77.4 cm³/mol. The lowest BCUT2D eigenvalue weighted by molar-refractivity contribution is 0.741. The zero-order valence-electron chi connectivity index (χ0n) is 10.4. The molecule has 19 heavy (non-hydrogen) atoms. The lowest BCUT2D eigenvalue weighted by Gasteiger charge is -2.06. The molecule has 1 aromatic carbocycles. The van der Waals surface area contributed by atoms with E-state index < -0.39 is 0 Å². The summed E-state index contributed by atoms with van der Waals surface area (Å²) in [6.45, 7) is 2.43. The zero-order valence-corrected chi connectivity index (χ0v) is 12.0. The van der Waals surface area contributed by atoms with Crippen LogP contribution in [0.25, 0.3) is 5.52 Å². The number of fused-ring (bicyclic) bond motifs is 1. The van der Waals surface area contributed by atoms with Crippen molar-refractivity contribution in [3.05, 3.63) is 68.8 Å². The molecule has 2 heterocycles. The van der Waals surface area contributed by atoms with Crippen LogP contribution in [0.3, 0.4) is 0 Å². The molecule has 0 saturated heterocycles. The Morgan fingerprint density at radius 2 is 2.11 bits per heavy atom. The summed E-state index contributed by atoms with van der Waals surface area (Å²) in [5, 5.41) is 4.23. The standard InChI is InChI=1S/C14H12BrN3O/c1-10-7-13-14(19)17(5-6-18(13)16-10)9-11-3-2-4-12(15)8-11/h2-8H,9H2,1H3. The Morgan fingerprint density at radius 3 is 2.89 bits per heavy atom. The van der Waals surface area contributed by atoms with Crippen LogP contribution in [0, 0.1) is 6.92 Å². The van der Waals surface area contributed by atoms with Gasteiger partial charge in [0, 0.05) is 16.9 Å². The Bertz CT molecular complexity index is 804. The first-order valence-electron chi connectivity index (χ1n) is 5.93. The molecule has 0 spiro atoms. The molecule has 0 amide bonds. The van der Waals surface area contributed by atoms with Gasteiger partial charge in [0.25, 0.3) is 5.56 Å². The molecule has 0 radical (unpaired) electrons. The predicted octanol–water partition coefficient (Wildman–Crippen LogP) is 2.62. The minimum absolute atomic E-state index is 0.0249. The third-order valence-corrected chi connectivity index (χ3v) is 3.46. The molecule has 0 unspecified atom stereocenters. The molecule has 3 aromatic rings. The van der Waals surface area contributed by atoms with Gasteiger partial charge in [-0.3, -0.25) is 4.79 Å². The monoisotopic (exact) mass is 317 g/mol. The van der Waals surface area contributed by atoms with Gasteiger partial charge in [-0.15, -0.1) is 0 Å². The summed E-state index contributed by atoms with van der Waals surface area (Å²) in [4.78, 5) is 12.3. The first-order chi connectivity index (χ1) is 9.13. The largest absolute Gasteiger partial charge is 0.308 e. The van der Waals surface area contributed by atoms with Gasteiger partial charge in [-0.2, -0.15) is 5.10 Å². The highest BCUT2D eigenvalue weighted by Gasteiger charge is 2.05. The maximum absolute atomic E-state index is 12.3. The summed E-state index contributed by atoms with van der Waals surface area (Å²) in [6.07, 6.45) is 3.57. The van der Waals surface area contributed by atoms with Crippen molar-refractivity contribution in [3.63, 3.8) is 0 Å². The molecule has 0 bridgehead atoms. The van der Waals surface area contributed by atoms with Crippen LogP contribution >= 0.6 is 15.9 Å². The molecule has 0 aliphatic carbocycles. The molecular formula is C14H12BrN3O. The van der Waals surface area contributed by atoms with Gasteiger partial charge < -0.3 is 4.57 Å². The van der Waals surface area contributed by atoms with Gasteiger partial charge in [0.15, 0.2) is 0 Å². The van der Waals surface area contributed by atoms with Crippen molar-refractivity contribution < 1.29 is 0 Å². The van der Waals surface area contributed by atoms with E-state index in [1.54, 1.807) is 21.3 Å². The van der Waals surface area contributed by atoms with Gasteiger partial charge in [-0.1, -0.05) is 28.1 Å². The second-order valence-electron chi connectivity index (χ2n) is 4.48. The van der Waals surface area contributed by atoms with Crippen molar-refractivity contribution in [3.8, 4) is 0 Å². The average molecular weight is 318 g/mol. The van der Waals surface area contributed by atoms with Crippen molar-refractivity contribution >= 4 is 21.4 Å². The molecule has 4 nitrogen and oxygen atoms in total. The highest BCUT2D eigenvalue weighted by molar-refractivity contribution is 9.10. The van der Waals surface area contributed by atoms with Gasteiger partial charge in [-0.25, -0.2) is 4.52 Å². The van der Waals surface area contributed by atoms with E-state index in [1.165, 1.54) is 0 Å². The normalized spacial score (nSPS) is 11.1. The second-order valence-corrected chi connectivity index (χ2v) is 5.39. The van der Waals surface area contributed by atoms with Crippen LogP contribution in [0.1, 0.15) is 11.3 Å². The number of aryl methyl sites for hydroxylation is 1. The number of aromatic nitrogens is 3. The first-order valence-corrected chi connectivity index (χ1v) is 6.73. The number of rotatable bonds is 2. The summed E-state index contributed by atoms with van der Waals surface area (Å²) >= 11 is 3.44. The molecule has 96 valence electrons. The van der Waals surface area contributed by atoms with Crippen LogP contribution in [0.15, 0.2) is 52.0 Å². The Labute approximate surface area is 118 Å². The quantitative estimate of drug-likeness (QED) is 0.729. The highest BCUT2D eigenvalue weighted by atomic mass is 79.9. The van der Waals surface area contributed by atoms with E-state index in [4.69, 9.17) is 0 Å². The molecule has 0 fully saturated rings. The van der Waals surface area contributed by atoms with E-state index in [9.17, 15) is 4.79 Å². The maximum Gasteiger partial charge on any atom is 0.276 e. The third-order valence-electron chi connectivity index (χ3n) is 2.97. The Hall–Kier alpha value is -1.88. The summed E-state index contributed by atoms with van der Waals surface area (Å²) in [7, 11) is 0. The minimum atomic E-state index is -0.0249. The van der Waals surface area contributed by atoms with E-state index >= 15 is 0 Å². The number of halogens is 1. The molecule has 0 saturated carbocycles. The fraction of sp³-hybridized carbons (Fsp3) is 0.143. The van der Waals surface area contributed by atoms with Crippen molar-refractivity contribution in [2.75, 3.05) is 0 Å². The van der Waals surface area contributed by atoms with Gasteiger partial charge in [0.2, 0.25) is 0 Å². The third kappa shape index (κ3) is 2.33. The fourth-order valence-electron chi connectivity index (χ4n) is 2.11. The fourth-order valence-corrected chi connectivity index (χ4v) is 2.55. The smallest absolute Gasteiger partial charge is 0.276 e. The Morgan fingerprint density at radius 1 is 1.26 bits per heavy atom. The maximum atomic E-state index is 12.3. The lowest BCUT2D eigenvalue weighted by Crippen LogP contribution is -2.21. The number of hydrogen-bond donors (Lipinski definition) is 0. The topological polar surface area (TPSA) is 39.3 Å². The van der Waals surface area contributed by atoms with E-state index in [1.807, 2.05) is 37.4 Å². The summed E-state index contributed by atoms with van der Waals surface area (Å²) < 4.78 is 4.33. The van der Waals surface area contributed by atoms with E-state index in [-0.39, 0.29) is 5.56 Å². The van der Waals surface area contributed by atoms with Gasteiger partial charge in [0.1, 0.15) is 5.52 Å². The number of hydrogen-bond acceptors (Lipinski definition) is 2. The Balaban J connectivity index is 2.06. The number of nitrogens with zero attached hydrogens (tertiary/aromatic N) is 3. The van der Waals surface area contributed by atoms with E-state index in [2.05, 4.69) is 21.0 Å². The molecule has 2 aromatic heterocycles. The van der Waals surface area contributed by atoms with Crippen LogP contribution in [0.4, 0.5) is 0 Å². The van der Waals surface area contributed by atoms with Crippen molar-refractivity contribution in [1.29, 1.82) is 0 Å². The molecule has 5 heteroatoms. The SMILES string of the molecule is Cc1cc2c(=O)n(Cc3cccc(Br)c3)ccn2n1. The van der Waals surface area contributed by atoms with Crippen molar-refractivity contribution in [2.45, 2.75) is 13.5 Å². The summed E-state index contributed by atoms with van der Waals surface area (Å²) in [6, 6.07) is 9.75.